The first-order valence-electron chi connectivity index (χ1n) is 9.77. The van der Waals surface area contributed by atoms with Crippen LogP contribution in [0.5, 0.6) is 5.75 Å². The van der Waals surface area contributed by atoms with E-state index in [9.17, 15) is 18.0 Å². The number of fused-ring (bicyclic) bond motifs is 1. The minimum atomic E-state index is -3.65. The van der Waals surface area contributed by atoms with E-state index >= 15 is 0 Å². The molecule has 0 aliphatic rings. The van der Waals surface area contributed by atoms with Gasteiger partial charge in [0.1, 0.15) is 11.3 Å². The van der Waals surface area contributed by atoms with E-state index in [0.29, 0.717) is 22.6 Å². The number of nitrogens with one attached hydrogen (secondary N) is 2. The summed E-state index contributed by atoms with van der Waals surface area (Å²) in [6.45, 7) is 3.63. The predicted octanol–water partition coefficient (Wildman–Crippen LogP) is 2.56. The normalized spacial score (nSPS) is 11.1. The van der Waals surface area contributed by atoms with Crippen LogP contribution >= 0.6 is 0 Å². The minimum absolute atomic E-state index is 0. The van der Waals surface area contributed by atoms with Crippen molar-refractivity contribution in [3.8, 4) is 5.75 Å². The van der Waals surface area contributed by atoms with Crippen molar-refractivity contribution < 1.29 is 22.4 Å². The number of carbonyl (C=O) groups is 1. The van der Waals surface area contributed by atoms with Crippen molar-refractivity contribution in [2.45, 2.75) is 20.3 Å². The van der Waals surface area contributed by atoms with Gasteiger partial charge in [0.05, 0.1) is 5.69 Å². The van der Waals surface area contributed by atoms with Crippen LogP contribution in [0.3, 0.4) is 0 Å². The fourth-order valence-corrected chi connectivity index (χ4v) is 3.72. The fourth-order valence-electron chi connectivity index (χ4n) is 3.18. The molecule has 3 rings (SSSR count). The van der Waals surface area contributed by atoms with Crippen LogP contribution in [0.4, 0.5) is 10.5 Å². The Morgan fingerprint density at radius 2 is 1.85 bits per heavy atom. The summed E-state index contributed by atoms with van der Waals surface area (Å²) in [6, 6.07) is 10.1. The first-order chi connectivity index (χ1) is 15.0. The third-order valence-corrected chi connectivity index (χ3v) is 6.02. The van der Waals surface area contributed by atoms with Crippen LogP contribution in [0.15, 0.2) is 45.6 Å². The second kappa shape index (κ2) is 10.7. The Bertz CT molecular complexity index is 1350. The van der Waals surface area contributed by atoms with E-state index in [4.69, 9.17) is 9.15 Å². The molecule has 0 fully saturated rings. The number of rotatable bonds is 6. The molecule has 11 heteroatoms. The number of carbonyl (C=O) groups excluding carboxylic acids is 1. The maximum Gasteiger partial charge on any atom is 0.414 e. The van der Waals surface area contributed by atoms with Crippen molar-refractivity contribution in [3.05, 3.63) is 69.1 Å². The predicted molar refractivity (Wildman–Crippen MR) is 128 cm³/mol. The molecular formula is C22H25N3NaO6S. The third-order valence-electron chi connectivity index (χ3n) is 4.97. The summed E-state index contributed by atoms with van der Waals surface area (Å²) in [5, 5.41) is 0.730. The maximum atomic E-state index is 12.7. The van der Waals surface area contributed by atoms with Gasteiger partial charge in [-0.15, -0.1) is 0 Å². The molecule has 0 bridgehead atoms. The van der Waals surface area contributed by atoms with Gasteiger partial charge in [-0.25, -0.2) is 14.3 Å². The number of anilines is 1. The molecule has 1 amide bonds. The molecule has 1 heterocycles. The number of amides is 1. The van der Waals surface area contributed by atoms with Crippen molar-refractivity contribution in [2.24, 2.45) is 0 Å². The number of hydrogen-bond acceptors (Lipinski definition) is 6. The zero-order valence-electron chi connectivity index (χ0n) is 19.5. The molecule has 2 aromatic carbocycles. The Hall–Kier alpha value is -2.37. The van der Waals surface area contributed by atoms with Gasteiger partial charge in [-0.1, -0.05) is 12.1 Å². The molecule has 0 aliphatic carbocycles. The summed E-state index contributed by atoms with van der Waals surface area (Å²) in [5.74, 6) is 0.316. The van der Waals surface area contributed by atoms with Crippen LogP contribution in [0.1, 0.15) is 22.3 Å². The van der Waals surface area contributed by atoms with Crippen LogP contribution in [-0.2, 0) is 16.6 Å². The largest absolute Gasteiger partial charge is 0.422 e. The van der Waals surface area contributed by atoms with Gasteiger partial charge >= 0.3 is 11.7 Å². The number of nitrogens with zero attached hydrogens (tertiary/aromatic N) is 1. The quantitative estimate of drug-likeness (QED) is 0.412. The molecule has 0 saturated heterocycles. The smallest absolute Gasteiger partial charge is 0.414 e. The van der Waals surface area contributed by atoms with Gasteiger partial charge in [0.25, 0.3) is 10.2 Å². The Morgan fingerprint density at radius 1 is 1.15 bits per heavy atom. The maximum absolute atomic E-state index is 12.7. The van der Waals surface area contributed by atoms with E-state index < -0.39 is 21.9 Å². The Labute approximate surface area is 214 Å². The molecule has 9 nitrogen and oxygen atoms in total. The summed E-state index contributed by atoms with van der Waals surface area (Å²) in [4.78, 5) is 25.9. The first-order valence-corrected chi connectivity index (χ1v) is 11.3. The second-order valence-corrected chi connectivity index (χ2v) is 9.18. The van der Waals surface area contributed by atoms with Gasteiger partial charge < -0.3 is 14.1 Å². The van der Waals surface area contributed by atoms with E-state index in [1.807, 2.05) is 13.0 Å². The van der Waals surface area contributed by atoms with E-state index in [0.717, 1.165) is 22.1 Å². The third kappa shape index (κ3) is 6.36. The van der Waals surface area contributed by atoms with Gasteiger partial charge in [0.15, 0.2) is 0 Å². The van der Waals surface area contributed by atoms with E-state index in [1.54, 1.807) is 45.3 Å². The van der Waals surface area contributed by atoms with Crippen molar-refractivity contribution in [1.82, 2.24) is 9.62 Å². The number of ether oxygens (including phenoxy) is 1. The monoisotopic (exact) mass is 482 g/mol. The molecule has 33 heavy (non-hydrogen) atoms. The number of benzene rings is 2. The van der Waals surface area contributed by atoms with E-state index in [2.05, 4.69) is 9.44 Å². The van der Waals surface area contributed by atoms with Crippen LogP contribution in [0, 0.1) is 13.8 Å². The van der Waals surface area contributed by atoms with Crippen LogP contribution in [0.2, 0.25) is 0 Å². The molecule has 0 unspecified atom stereocenters. The average Bonchev–Trinajstić information content (AvgIpc) is 2.72. The molecular weight excluding hydrogens is 457 g/mol. The van der Waals surface area contributed by atoms with Crippen LogP contribution < -0.4 is 19.8 Å². The summed E-state index contributed by atoms with van der Waals surface area (Å²) in [5.41, 5.74) is 2.85. The van der Waals surface area contributed by atoms with Gasteiger partial charge in [-0.05, 0) is 48.7 Å². The summed E-state index contributed by atoms with van der Waals surface area (Å²) in [6.07, 6.45) is -0.271. The Kier molecular flexibility index (Phi) is 8.72. The zero-order chi connectivity index (χ0) is 23.6. The molecule has 171 valence electrons. The average molecular weight is 483 g/mol. The topological polar surface area (TPSA) is 118 Å². The SMILES string of the molecule is CNS(=O)(=O)Nc1cccc(Cc2c(C)c3cc(C)c(OC(=O)N(C)C)cc3oc2=O)c1.[Na]. The van der Waals surface area contributed by atoms with Crippen molar-refractivity contribution in [1.29, 1.82) is 0 Å². The molecule has 2 N–H and O–H groups in total. The van der Waals surface area contributed by atoms with Gasteiger partial charge in [-0.3, -0.25) is 4.72 Å². The Balaban J connectivity index is 0.00000385. The summed E-state index contributed by atoms with van der Waals surface area (Å²) in [7, 11) is 0.815. The zero-order valence-corrected chi connectivity index (χ0v) is 22.3. The standard InChI is InChI=1S/C22H25N3O6S.Na/c1-13-9-17-14(2)18(11-15-7-6-8-16(10-15)24-32(28,29)23-3)21(26)30-20(17)12-19(13)31-22(27)25(4)5;/h6-10,12,23-24H,11H2,1-5H3;. The van der Waals surface area contributed by atoms with Crippen molar-refractivity contribution in [3.63, 3.8) is 0 Å². The van der Waals surface area contributed by atoms with E-state index in [1.165, 1.54) is 18.0 Å². The number of hydrogen-bond donors (Lipinski definition) is 2. The van der Waals surface area contributed by atoms with Crippen molar-refractivity contribution >= 4 is 62.5 Å². The molecule has 0 saturated carbocycles. The number of aryl methyl sites for hydroxylation is 2. The summed E-state index contributed by atoms with van der Waals surface area (Å²) >= 11 is 0. The van der Waals surface area contributed by atoms with E-state index in [-0.39, 0.29) is 36.0 Å². The molecule has 3 aromatic rings. The second-order valence-electron chi connectivity index (χ2n) is 7.56. The molecule has 1 aromatic heterocycles. The van der Waals surface area contributed by atoms with Crippen molar-refractivity contribution in [2.75, 3.05) is 25.9 Å². The van der Waals surface area contributed by atoms with Crippen LogP contribution in [-0.4, -0.2) is 70.1 Å². The van der Waals surface area contributed by atoms with Gasteiger partial charge in [0.2, 0.25) is 0 Å². The molecule has 0 aliphatic heterocycles. The molecule has 1 radical (unpaired) electrons. The van der Waals surface area contributed by atoms with Gasteiger partial charge in [0, 0.05) is 74.1 Å². The summed E-state index contributed by atoms with van der Waals surface area (Å²) < 4.78 is 38.9. The minimum Gasteiger partial charge on any atom is -0.422 e. The molecule has 0 spiro atoms. The first kappa shape index (κ1) is 26.9. The van der Waals surface area contributed by atoms with Crippen LogP contribution in [0.25, 0.3) is 11.0 Å². The fraction of sp³-hybridized carbons (Fsp3) is 0.273. The molecule has 0 atom stereocenters. The van der Waals surface area contributed by atoms with Gasteiger partial charge in [-0.2, -0.15) is 8.42 Å². The Morgan fingerprint density at radius 3 is 2.48 bits per heavy atom.